The second-order valence-electron chi connectivity index (χ2n) is 6.36. The van der Waals surface area contributed by atoms with Gasteiger partial charge in [0, 0.05) is 11.8 Å². The summed E-state index contributed by atoms with van der Waals surface area (Å²) in [5, 5.41) is 15.6. The van der Waals surface area contributed by atoms with Gasteiger partial charge < -0.3 is 25.2 Å². The van der Waals surface area contributed by atoms with E-state index in [1.165, 1.54) is 0 Å². The van der Waals surface area contributed by atoms with Crippen molar-refractivity contribution >= 4 is 11.7 Å². The lowest BCUT2D eigenvalue weighted by atomic mass is 9.93. The number of methoxy groups -OCH3 is 1. The molecule has 6 nitrogen and oxygen atoms in total. The average molecular weight is 356 g/mol. The lowest BCUT2D eigenvalue weighted by molar-refractivity contribution is 0.0955. The van der Waals surface area contributed by atoms with Gasteiger partial charge in [0.25, 0.3) is 0 Å². The van der Waals surface area contributed by atoms with Gasteiger partial charge in [-0.05, 0) is 49.2 Å². The lowest BCUT2D eigenvalue weighted by Crippen LogP contribution is -2.46. The number of hydrogen-bond acceptors (Lipinski definition) is 4. The van der Waals surface area contributed by atoms with E-state index in [1.54, 1.807) is 37.4 Å². The highest BCUT2D eigenvalue weighted by molar-refractivity contribution is 5.89. The highest BCUT2D eigenvalue weighted by Crippen LogP contribution is 2.26. The number of nitrogens with one attached hydrogen (secondary N) is 2. The monoisotopic (exact) mass is 356 g/mol. The third kappa shape index (κ3) is 4.89. The molecule has 0 aliphatic heterocycles. The molecule has 0 spiro atoms. The van der Waals surface area contributed by atoms with E-state index in [1.807, 2.05) is 18.2 Å². The first kappa shape index (κ1) is 18.1. The molecule has 26 heavy (non-hydrogen) atoms. The maximum absolute atomic E-state index is 12.1. The number of carbonyl (C=O) groups is 1. The van der Waals surface area contributed by atoms with Crippen LogP contribution in [0.3, 0.4) is 0 Å². The van der Waals surface area contributed by atoms with Crippen molar-refractivity contribution in [3.8, 4) is 17.2 Å². The molecule has 2 aromatic rings. The Labute approximate surface area is 153 Å². The van der Waals surface area contributed by atoms with E-state index in [-0.39, 0.29) is 12.1 Å². The second kappa shape index (κ2) is 8.58. The fourth-order valence-corrected chi connectivity index (χ4v) is 3.02. The van der Waals surface area contributed by atoms with Crippen LogP contribution >= 0.6 is 0 Å². The third-order valence-corrected chi connectivity index (χ3v) is 4.44. The number of anilines is 1. The van der Waals surface area contributed by atoms with E-state index in [9.17, 15) is 9.90 Å². The summed E-state index contributed by atoms with van der Waals surface area (Å²) < 4.78 is 10.9. The van der Waals surface area contributed by atoms with Crippen molar-refractivity contribution in [2.75, 3.05) is 12.4 Å². The van der Waals surface area contributed by atoms with Crippen LogP contribution in [0.1, 0.15) is 25.7 Å². The Hall–Kier alpha value is -2.73. The number of hydrogen-bond donors (Lipinski definition) is 3. The van der Waals surface area contributed by atoms with Crippen LogP contribution in [0.5, 0.6) is 17.2 Å². The Kier molecular flexibility index (Phi) is 5.96. The van der Waals surface area contributed by atoms with Crippen molar-refractivity contribution in [2.45, 2.75) is 37.8 Å². The van der Waals surface area contributed by atoms with E-state index in [2.05, 4.69) is 10.6 Å². The maximum Gasteiger partial charge on any atom is 0.319 e. The molecule has 1 aliphatic carbocycles. The number of aliphatic hydroxyl groups excluding tert-OH is 1. The van der Waals surface area contributed by atoms with Crippen LogP contribution in [-0.2, 0) is 0 Å². The highest BCUT2D eigenvalue weighted by Gasteiger charge is 2.24. The zero-order valence-corrected chi connectivity index (χ0v) is 14.8. The van der Waals surface area contributed by atoms with Gasteiger partial charge in [-0.15, -0.1) is 0 Å². The molecule has 3 rings (SSSR count). The predicted octanol–water partition coefficient (Wildman–Crippen LogP) is 3.91. The topological polar surface area (TPSA) is 79.8 Å². The molecule has 0 radical (unpaired) electrons. The van der Waals surface area contributed by atoms with Gasteiger partial charge in [-0.3, -0.25) is 0 Å². The van der Waals surface area contributed by atoms with Gasteiger partial charge in [-0.2, -0.15) is 0 Å². The second-order valence-corrected chi connectivity index (χ2v) is 6.36. The van der Waals surface area contributed by atoms with Gasteiger partial charge in [0.1, 0.15) is 17.2 Å². The van der Waals surface area contributed by atoms with Crippen molar-refractivity contribution in [1.29, 1.82) is 0 Å². The fourth-order valence-electron chi connectivity index (χ4n) is 3.02. The molecule has 0 unspecified atom stereocenters. The van der Waals surface area contributed by atoms with Gasteiger partial charge in [0.15, 0.2) is 0 Å². The summed E-state index contributed by atoms with van der Waals surface area (Å²) >= 11 is 0. The Bertz CT molecular complexity index is 733. The summed E-state index contributed by atoms with van der Waals surface area (Å²) in [5.74, 6) is 2.06. The first-order valence-corrected chi connectivity index (χ1v) is 8.81. The van der Waals surface area contributed by atoms with Crippen molar-refractivity contribution in [3.63, 3.8) is 0 Å². The largest absolute Gasteiger partial charge is 0.497 e. The summed E-state index contributed by atoms with van der Waals surface area (Å²) in [7, 11) is 1.61. The van der Waals surface area contributed by atoms with Crippen molar-refractivity contribution in [3.05, 3.63) is 48.5 Å². The molecule has 0 aromatic heterocycles. The lowest BCUT2D eigenvalue weighted by Gasteiger charge is -2.28. The number of carbonyl (C=O) groups excluding carboxylic acids is 1. The molecule has 1 aliphatic rings. The van der Waals surface area contributed by atoms with Crippen LogP contribution in [0.25, 0.3) is 0 Å². The smallest absolute Gasteiger partial charge is 0.319 e. The van der Waals surface area contributed by atoms with E-state index in [0.717, 1.165) is 31.4 Å². The Morgan fingerprint density at radius 2 is 1.77 bits per heavy atom. The quantitative estimate of drug-likeness (QED) is 0.759. The Balaban J connectivity index is 1.54. The Morgan fingerprint density at radius 3 is 2.50 bits per heavy atom. The van der Waals surface area contributed by atoms with E-state index in [0.29, 0.717) is 17.2 Å². The van der Waals surface area contributed by atoms with Gasteiger partial charge in [-0.25, -0.2) is 4.79 Å². The minimum absolute atomic E-state index is 0.181. The van der Waals surface area contributed by atoms with Crippen molar-refractivity contribution in [2.24, 2.45) is 0 Å². The number of aliphatic hydroxyl groups is 1. The molecule has 2 atom stereocenters. The highest BCUT2D eigenvalue weighted by atomic mass is 16.5. The van der Waals surface area contributed by atoms with Crippen LogP contribution in [0.4, 0.5) is 10.5 Å². The molecular weight excluding hydrogens is 332 g/mol. The minimum atomic E-state index is -0.465. The number of ether oxygens (including phenoxy) is 2. The van der Waals surface area contributed by atoms with Crippen LogP contribution in [0, 0.1) is 0 Å². The number of benzene rings is 2. The predicted molar refractivity (Wildman–Crippen MR) is 99.9 cm³/mol. The van der Waals surface area contributed by atoms with E-state index in [4.69, 9.17) is 9.47 Å². The molecule has 3 N–H and O–H groups in total. The summed E-state index contributed by atoms with van der Waals surface area (Å²) in [6.45, 7) is 0. The summed E-state index contributed by atoms with van der Waals surface area (Å²) in [6, 6.07) is 14.0. The molecule has 2 amide bonds. The number of amides is 2. The molecule has 2 aromatic carbocycles. The molecule has 0 heterocycles. The molecule has 0 saturated heterocycles. The zero-order valence-electron chi connectivity index (χ0n) is 14.8. The third-order valence-electron chi connectivity index (χ3n) is 4.44. The van der Waals surface area contributed by atoms with E-state index >= 15 is 0 Å². The molecule has 6 heteroatoms. The van der Waals surface area contributed by atoms with Crippen LogP contribution < -0.4 is 20.1 Å². The summed E-state index contributed by atoms with van der Waals surface area (Å²) in [5.41, 5.74) is 0.658. The molecule has 0 bridgehead atoms. The first-order valence-electron chi connectivity index (χ1n) is 8.81. The molecular formula is C20H24N2O4. The van der Waals surface area contributed by atoms with Crippen molar-refractivity contribution in [1.82, 2.24) is 5.32 Å². The van der Waals surface area contributed by atoms with Gasteiger partial charge in [0.05, 0.1) is 19.3 Å². The fraction of sp³-hybridized carbons (Fsp3) is 0.350. The summed E-state index contributed by atoms with van der Waals surface area (Å²) in [4.78, 5) is 12.1. The Morgan fingerprint density at radius 1 is 1.04 bits per heavy atom. The zero-order chi connectivity index (χ0) is 18.4. The van der Waals surface area contributed by atoms with Crippen LogP contribution in [0.2, 0.25) is 0 Å². The number of urea groups is 1. The summed E-state index contributed by atoms with van der Waals surface area (Å²) in [6.07, 6.45) is 3.12. The molecule has 1 fully saturated rings. The van der Waals surface area contributed by atoms with Gasteiger partial charge >= 0.3 is 6.03 Å². The standard InChI is InChI=1S/C20H24N2O4/c1-25-16-5-4-6-17(13-16)26-15-11-9-14(10-12-15)21-20(24)22-18-7-2-3-8-19(18)23/h4-6,9-13,18-19,23H,2-3,7-8H2,1H3,(H2,21,22,24)/t18-,19-/m1/s1. The maximum atomic E-state index is 12.1. The van der Waals surface area contributed by atoms with Gasteiger partial charge in [-0.1, -0.05) is 18.9 Å². The number of rotatable bonds is 5. The SMILES string of the molecule is COc1cccc(Oc2ccc(NC(=O)N[C@@H]3CCCC[C@H]3O)cc2)c1. The van der Waals surface area contributed by atoms with E-state index < -0.39 is 6.10 Å². The first-order chi connectivity index (χ1) is 12.6. The van der Waals surface area contributed by atoms with Crippen LogP contribution in [-0.4, -0.2) is 30.4 Å². The minimum Gasteiger partial charge on any atom is -0.497 e. The molecule has 1 saturated carbocycles. The normalized spacial score (nSPS) is 19.5. The average Bonchev–Trinajstić information content (AvgIpc) is 2.65. The van der Waals surface area contributed by atoms with Gasteiger partial charge in [0.2, 0.25) is 0 Å². The van der Waals surface area contributed by atoms with Crippen LogP contribution in [0.15, 0.2) is 48.5 Å². The molecule has 138 valence electrons. The van der Waals surface area contributed by atoms with Crippen molar-refractivity contribution < 1.29 is 19.4 Å².